The Balaban J connectivity index is 1.98. The molecule has 1 atom stereocenters. The van der Waals surface area contributed by atoms with Gasteiger partial charge < -0.3 is 5.32 Å². The molecule has 1 unspecified atom stereocenters. The van der Waals surface area contributed by atoms with Crippen LogP contribution in [-0.4, -0.2) is 11.0 Å². The summed E-state index contributed by atoms with van der Waals surface area (Å²) < 4.78 is 0.755. The molecule has 1 aliphatic carbocycles. The second-order valence-corrected chi connectivity index (χ2v) is 6.98. The number of benzene rings is 1. The van der Waals surface area contributed by atoms with Crippen LogP contribution in [0.25, 0.3) is 0 Å². The van der Waals surface area contributed by atoms with Crippen LogP contribution in [0.15, 0.2) is 22.7 Å². The number of halogens is 1. The maximum Gasteiger partial charge on any atom is 0.270 e. The zero-order valence-electron chi connectivity index (χ0n) is 11.3. The van der Waals surface area contributed by atoms with Crippen molar-refractivity contribution in [3.63, 3.8) is 0 Å². The van der Waals surface area contributed by atoms with Crippen LogP contribution < -0.4 is 5.32 Å². The van der Waals surface area contributed by atoms with Gasteiger partial charge >= 0.3 is 0 Å². The van der Waals surface area contributed by atoms with Gasteiger partial charge in [0, 0.05) is 29.2 Å². The molecule has 0 aromatic heterocycles. The number of nitro groups is 1. The molecule has 4 nitrogen and oxygen atoms in total. The van der Waals surface area contributed by atoms with E-state index in [4.69, 9.17) is 0 Å². The van der Waals surface area contributed by atoms with E-state index in [0.29, 0.717) is 18.0 Å². The molecule has 1 saturated carbocycles. The van der Waals surface area contributed by atoms with Crippen molar-refractivity contribution in [3.05, 3.63) is 38.3 Å². The van der Waals surface area contributed by atoms with Crippen LogP contribution in [-0.2, 0) is 6.54 Å². The SMILES string of the molecule is CC1(C)CCC(NCc2cc(Br)cc([N+](=O)[O-])c2)C1. The Hall–Kier alpha value is -0.940. The van der Waals surface area contributed by atoms with E-state index < -0.39 is 0 Å². The summed E-state index contributed by atoms with van der Waals surface area (Å²) in [5.74, 6) is 0. The highest BCUT2D eigenvalue weighted by Crippen LogP contribution is 2.37. The van der Waals surface area contributed by atoms with Crippen molar-refractivity contribution in [2.75, 3.05) is 0 Å². The lowest BCUT2D eigenvalue weighted by Crippen LogP contribution is -2.26. The van der Waals surface area contributed by atoms with Gasteiger partial charge in [-0.05, 0) is 36.3 Å². The lowest BCUT2D eigenvalue weighted by atomic mass is 9.92. The monoisotopic (exact) mass is 326 g/mol. The van der Waals surface area contributed by atoms with Crippen molar-refractivity contribution in [3.8, 4) is 0 Å². The predicted molar refractivity (Wildman–Crippen MR) is 79.1 cm³/mol. The summed E-state index contributed by atoms with van der Waals surface area (Å²) in [6.07, 6.45) is 3.59. The van der Waals surface area contributed by atoms with Crippen LogP contribution in [0.1, 0.15) is 38.7 Å². The Morgan fingerprint density at radius 3 is 2.79 bits per heavy atom. The Kier molecular flexibility index (Phi) is 4.26. The van der Waals surface area contributed by atoms with Crippen LogP contribution in [0, 0.1) is 15.5 Å². The summed E-state index contributed by atoms with van der Waals surface area (Å²) in [4.78, 5) is 10.5. The van der Waals surface area contributed by atoms with Gasteiger partial charge in [0.15, 0.2) is 0 Å². The third kappa shape index (κ3) is 4.01. The molecule has 0 amide bonds. The average Bonchev–Trinajstić information content (AvgIpc) is 2.65. The van der Waals surface area contributed by atoms with Crippen molar-refractivity contribution in [1.82, 2.24) is 5.32 Å². The van der Waals surface area contributed by atoms with Gasteiger partial charge in [-0.1, -0.05) is 29.8 Å². The maximum atomic E-state index is 10.8. The quantitative estimate of drug-likeness (QED) is 0.671. The Labute approximate surface area is 121 Å². The summed E-state index contributed by atoms with van der Waals surface area (Å²) in [6.45, 7) is 5.26. The van der Waals surface area contributed by atoms with E-state index in [2.05, 4.69) is 35.1 Å². The summed E-state index contributed by atoms with van der Waals surface area (Å²) in [7, 11) is 0. The predicted octanol–water partition coefficient (Wildman–Crippen LogP) is 4.03. The summed E-state index contributed by atoms with van der Waals surface area (Å²) >= 11 is 3.32. The van der Waals surface area contributed by atoms with E-state index in [1.165, 1.54) is 25.3 Å². The standard InChI is InChI=1S/C14H19BrN2O2/c1-14(2)4-3-12(8-14)16-9-10-5-11(15)7-13(6-10)17(18)19/h5-7,12,16H,3-4,8-9H2,1-2H3. The van der Waals surface area contributed by atoms with Gasteiger partial charge in [-0.3, -0.25) is 10.1 Å². The minimum atomic E-state index is -0.354. The summed E-state index contributed by atoms with van der Waals surface area (Å²) in [6, 6.07) is 5.62. The van der Waals surface area contributed by atoms with Gasteiger partial charge in [-0.15, -0.1) is 0 Å². The van der Waals surface area contributed by atoms with E-state index in [1.54, 1.807) is 6.07 Å². The number of hydrogen-bond acceptors (Lipinski definition) is 3. The number of nitrogens with zero attached hydrogens (tertiary/aromatic N) is 1. The molecule has 1 fully saturated rings. The molecule has 0 aliphatic heterocycles. The number of non-ortho nitro benzene ring substituents is 1. The largest absolute Gasteiger partial charge is 0.310 e. The number of nitrogens with one attached hydrogen (secondary N) is 1. The molecule has 0 spiro atoms. The Morgan fingerprint density at radius 2 is 2.21 bits per heavy atom. The highest BCUT2D eigenvalue weighted by Gasteiger charge is 2.30. The molecule has 0 heterocycles. The van der Waals surface area contributed by atoms with Crippen molar-refractivity contribution in [2.24, 2.45) is 5.41 Å². The third-order valence-electron chi connectivity index (χ3n) is 3.72. The highest BCUT2D eigenvalue weighted by molar-refractivity contribution is 9.10. The molecule has 1 N–H and O–H groups in total. The first kappa shape index (κ1) is 14.5. The van der Waals surface area contributed by atoms with Gasteiger partial charge in [0.2, 0.25) is 0 Å². The van der Waals surface area contributed by atoms with Crippen LogP contribution in [0.4, 0.5) is 5.69 Å². The first-order valence-corrected chi connectivity index (χ1v) is 7.32. The molecular formula is C14H19BrN2O2. The Bertz CT molecular complexity index is 488. The van der Waals surface area contributed by atoms with E-state index in [1.807, 2.05) is 6.07 Å². The van der Waals surface area contributed by atoms with E-state index in [9.17, 15) is 10.1 Å². The van der Waals surface area contributed by atoms with E-state index in [0.717, 1.165) is 10.0 Å². The number of nitro benzene ring substituents is 1. The van der Waals surface area contributed by atoms with E-state index >= 15 is 0 Å². The van der Waals surface area contributed by atoms with Gasteiger partial charge in [-0.2, -0.15) is 0 Å². The lowest BCUT2D eigenvalue weighted by molar-refractivity contribution is -0.385. The summed E-state index contributed by atoms with van der Waals surface area (Å²) in [5, 5.41) is 14.3. The number of rotatable bonds is 4. The second kappa shape index (κ2) is 5.59. The van der Waals surface area contributed by atoms with Gasteiger partial charge in [-0.25, -0.2) is 0 Å². The molecule has 1 aromatic carbocycles. The third-order valence-corrected chi connectivity index (χ3v) is 4.17. The van der Waals surface area contributed by atoms with Gasteiger partial charge in [0.1, 0.15) is 0 Å². The number of hydrogen-bond donors (Lipinski definition) is 1. The van der Waals surface area contributed by atoms with Gasteiger partial charge in [0.25, 0.3) is 5.69 Å². The fraction of sp³-hybridized carbons (Fsp3) is 0.571. The molecule has 0 bridgehead atoms. The molecule has 0 saturated heterocycles. The lowest BCUT2D eigenvalue weighted by Gasteiger charge is -2.18. The second-order valence-electron chi connectivity index (χ2n) is 6.06. The normalized spacial score (nSPS) is 21.5. The molecule has 1 aromatic rings. The topological polar surface area (TPSA) is 55.2 Å². The summed E-state index contributed by atoms with van der Waals surface area (Å²) in [5.41, 5.74) is 1.50. The van der Waals surface area contributed by atoms with Crippen LogP contribution in [0.3, 0.4) is 0 Å². The maximum absolute atomic E-state index is 10.8. The van der Waals surface area contributed by atoms with Crippen LogP contribution in [0.2, 0.25) is 0 Å². The minimum absolute atomic E-state index is 0.137. The first-order valence-electron chi connectivity index (χ1n) is 6.53. The van der Waals surface area contributed by atoms with Crippen LogP contribution >= 0.6 is 15.9 Å². The minimum Gasteiger partial charge on any atom is -0.310 e. The molecular weight excluding hydrogens is 308 g/mol. The molecule has 0 radical (unpaired) electrons. The van der Waals surface area contributed by atoms with Crippen molar-refractivity contribution < 1.29 is 4.92 Å². The fourth-order valence-electron chi connectivity index (χ4n) is 2.71. The average molecular weight is 327 g/mol. The Morgan fingerprint density at radius 1 is 1.47 bits per heavy atom. The van der Waals surface area contributed by atoms with Crippen molar-refractivity contribution in [2.45, 2.75) is 45.7 Å². The zero-order chi connectivity index (χ0) is 14.0. The highest BCUT2D eigenvalue weighted by atomic mass is 79.9. The van der Waals surface area contributed by atoms with Crippen molar-refractivity contribution >= 4 is 21.6 Å². The van der Waals surface area contributed by atoms with Gasteiger partial charge in [0.05, 0.1) is 4.92 Å². The van der Waals surface area contributed by atoms with Crippen LogP contribution in [0.5, 0.6) is 0 Å². The first-order chi connectivity index (χ1) is 8.85. The smallest absolute Gasteiger partial charge is 0.270 e. The molecule has 5 heteroatoms. The molecule has 2 rings (SSSR count). The van der Waals surface area contributed by atoms with E-state index in [-0.39, 0.29) is 10.6 Å². The van der Waals surface area contributed by atoms with Crippen molar-refractivity contribution in [1.29, 1.82) is 0 Å². The molecule has 19 heavy (non-hydrogen) atoms. The molecule has 104 valence electrons. The molecule has 1 aliphatic rings. The zero-order valence-corrected chi connectivity index (χ0v) is 12.9. The fourth-order valence-corrected chi connectivity index (χ4v) is 3.24.